The molecule has 4 amide bonds. The van der Waals surface area contributed by atoms with Gasteiger partial charge in [0.15, 0.2) is 0 Å². The zero-order valence-electron chi connectivity index (χ0n) is 18.0. The number of rotatable bonds is 10. The highest BCUT2D eigenvalue weighted by molar-refractivity contribution is 5.92. The molecule has 0 saturated carbocycles. The molecule has 0 saturated heterocycles. The third-order valence-corrected chi connectivity index (χ3v) is 3.49. The van der Waals surface area contributed by atoms with Crippen LogP contribution >= 0.6 is 0 Å². The lowest BCUT2D eigenvalue weighted by Gasteiger charge is -2.23. The molecule has 4 N–H and O–H groups in total. The van der Waals surface area contributed by atoms with Crippen LogP contribution in [0.2, 0.25) is 0 Å². The number of hydrogen-bond donors (Lipinski definition) is 4. The number of ether oxygens (including phenoxy) is 1. The summed E-state index contributed by atoms with van der Waals surface area (Å²) in [6, 6.07) is -0.0378. The summed E-state index contributed by atoms with van der Waals surface area (Å²) >= 11 is 0. The SMILES string of the molecule is CC(C)C[C@H](NC(=O)OCC(C)(C)C)C(=O)N[C@@H](C)C(=O)NCC(=O)NCC#N. The highest BCUT2D eigenvalue weighted by Crippen LogP contribution is 2.13. The van der Waals surface area contributed by atoms with Crippen molar-refractivity contribution in [2.45, 2.75) is 60.0 Å². The molecule has 0 radical (unpaired) electrons. The zero-order valence-corrected chi connectivity index (χ0v) is 18.0. The molecule has 0 rings (SSSR count). The molecular formula is C19H33N5O5. The van der Waals surface area contributed by atoms with Crippen molar-refractivity contribution in [1.29, 1.82) is 5.26 Å². The van der Waals surface area contributed by atoms with E-state index in [2.05, 4.69) is 21.3 Å². The predicted octanol–water partition coefficient (Wildman–Crippen LogP) is 0.434. The topological polar surface area (TPSA) is 149 Å². The lowest BCUT2D eigenvalue weighted by molar-refractivity contribution is -0.130. The van der Waals surface area contributed by atoms with E-state index < -0.39 is 35.9 Å². The maximum atomic E-state index is 12.5. The Balaban J connectivity index is 4.71. The van der Waals surface area contributed by atoms with E-state index in [0.29, 0.717) is 6.42 Å². The normalized spacial score (nSPS) is 12.9. The average molecular weight is 412 g/mol. The van der Waals surface area contributed by atoms with Gasteiger partial charge in [0.05, 0.1) is 19.2 Å². The second-order valence-electron chi connectivity index (χ2n) is 8.35. The first-order chi connectivity index (χ1) is 13.4. The van der Waals surface area contributed by atoms with Crippen LogP contribution in [-0.4, -0.2) is 55.6 Å². The molecule has 0 aromatic carbocycles. The molecule has 0 aromatic rings. The van der Waals surface area contributed by atoms with Crippen LogP contribution < -0.4 is 21.3 Å². The van der Waals surface area contributed by atoms with Crippen LogP contribution in [0.3, 0.4) is 0 Å². The van der Waals surface area contributed by atoms with Crippen LogP contribution in [0.4, 0.5) is 4.79 Å². The second kappa shape index (κ2) is 12.6. The fourth-order valence-electron chi connectivity index (χ4n) is 2.07. The van der Waals surface area contributed by atoms with E-state index in [0.717, 1.165) is 0 Å². The Morgan fingerprint density at radius 1 is 1.00 bits per heavy atom. The summed E-state index contributed by atoms with van der Waals surface area (Å²) in [6.07, 6.45) is -0.339. The molecule has 0 aliphatic carbocycles. The number of carbonyl (C=O) groups is 4. The molecule has 0 unspecified atom stereocenters. The van der Waals surface area contributed by atoms with Crippen molar-refractivity contribution in [1.82, 2.24) is 21.3 Å². The quantitative estimate of drug-likeness (QED) is 0.383. The fourth-order valence-corrected chi connectivity index (χ4v) is 2.07. The summed E-state index contributed by atoms with van der Waals surface area (Å²) in [5.41, 5.74) is -0.209. The lowest BCUT2D eigenvalue weighted by Crippen LogP contribution is -2.54. The van der Waals surface area contributed by atoms with Crippen molar-refractivity contribution in [3.63, 3.8) is 0 Å². The van der Waals surface area contributed by atoms with Crippen LogP contribution in [-0.2, 0) is 19.1 Å². The molecule has 0 aliphatic heterocycles. The van der Waals surface area contributed by atoms with Gasteiger partial charge in [0.25, 0.3) is 0 Å². The smallest absolute Gasteiger partial charge is 0.407 e. The third-order valence-electron chi connectivity index (χ3n) is 3.49. The van der Waals surface area contributed by atoms with Gasteiger partial charge in [-0.25, -0.2) is 4.79 Å². The summed E-state index contributed by atoms with van der Waals surface area (Å²) in [4.78, 5) is 48.0. The standard InChI is InChI=1S/C19H33N5O5/c1-12(2)9-14(24-18(28)29-11-19(4,5)6)17(27)23-13(3)16(26)22-10-15(25)21-8-7-20/h12-14H,8-11H2,1-6H3,(H,21,25)(H,22,26)(H,23,27)(H,24,28)/t13-,14-/m0/s1. The van der Waals surface area contributed by atoms with Crippen LogP contribution in [0, 0.1) is 22.7 Å². The number of alkyl carbamates (subject to hydrolysis) is 1. The molecule has 0 spiro atoms. The van der Waals surface area contributed by atoms with Gasteiger partial charge in [-0.3, -0.25) is 14.4 Å². The molecule has 2 atom stereocenters. The summed E-state index contributed by atoms with van der Waals surface area (Å²) in [5, 5.41) is 18.1. The summed E-state index contributed by atoms with van der Waals surface area (Å²) in [6.45, 7) is 10.7. The van der Waals surface area contributed by atoms with E-state index >= 15 is 0 Å². The molecule has 10 heteroatoms. The summed E-state index contributed by atoms with van der Waals surface area (Å²) in [5.74, 6) is -1.49. The van der Waals surface area contributed by atoms with Crippen LogP contribution in [0.5, 0.6) is 0 Å². The van der Waals surface area contributed by atoms with Crippen molar-refractivity contribution >= 4 is 23.8 Å². The van der Waals surface area contributed by atoms with Crippen molar-refractivity contribution in [2.75, 3.05) is 19.7 Å². The highest BCUT2D eigenvalue weighted by atomic mass is 16.5. The van der Waals surface area contributed by atoms with Gasteiger partial charge < -0.3 is 26.0 Å². The maximum absolute atomic E-state index is 12.5. The van der Waals surface area contributed by atoms with Gasteiger partial charge in [0.1, 0.15) is 18.6 Å². The van der Waals surface area contributed by atoms with Crippen LogP contribution in [0.15, 0.2) is 0 Å². The molecule has 0 heterocycles. The van der Waals surface area contributed by atoms with Gasteiger partial charge in [-0.2, -0.15) is 5.26 Å². The Labute approximate surface area is 172 Å². The van der Waals surface area contributed by atoms with Crippen molar-refractivity contribution < 1.29 is 23.9 Å². The highest BCUT2D eigenvalue weighted by Gasteiger charge is 2.26. The lowest BCUT2D eigenvalue weighted by atomic mass is 9.99. The predicted molar refractivity (Wildman–Crippen MR) is 106 cm³/mol. The Bertz CT molecular complexity index is 621. The van der Waals surface area contributed by atoms with Crippen LogP contribution in [0.25, 0.3) is 0 Å². The van der Waals surface area contributed by atoms with E-state index in [1.807, 2.05) is 34.6 Å². The third kappa shape index (κ3) is 13.1. The molecular weight excluding hydrogens is 378 g/mol. The van der Waals surface area contributed by atoms with Gasteiger partial charge >= 0.3 is 6.09 Å². The number of amides is 4. The number of nitrogens with one attached hydrogen (secondary N) is 4. The van der Waals surface area contributed by atoms with E-state index in [9.17, 15) is 19.2 Å². The Morgan fingerprint density at radius 3 is 2.14 bits per heavy atom. The summed E-state index contributed by atoms with van der Waals surface area (Å²) < 4.78 is 5.14. The Morgan fingerprint density at radius 2 is 1.62 bits per heavy atom. The molecule has 0 aromatic heterocycles. The minimum absolute atomic E-state index is 0.113. The largest absolute Gasteiger partial charge is 0.449 e. The van der Waals surface area contributed by atoms with Gasteiger partial charge in [-0.15, -0.1) is 0 Å². The van der Waals surface area contributed by atoms with E-state index in [1.165, 1.54) is 6.92 Å². The number of carbonyl (C=O) groups excluding carboxylic acids is 4. The molecule has 0 aliphatic rings. The van der Waals surface area contributed by atoms with E-state index in [-0.39, 0.29) is 31.0 Å². The first-order valence-electron chi connectivity index (χ1n) is 9.50. The second-order valence-corrected chi connectivity index (χ2v) is 8.35. The van der Waals surface area contributed by atoms with Crippen LogP contribution in [0.1, 0.15) is 48.0 Å². The van der Waals surface area contributed by atoms with Gasteiger partial charge in [-0.05, 0) is 24.7 Å². The van der Waals surface area contributed by atoms with Gasteiger partial charge in [-0.1, -0.05) is 34.6 Å². The fraction of sp³-hybridized carbons (Fsp3) is 0.737. The maximum Gasteiger partial charge on any atom is 0.407 e. The summed E-state index contributed by atoms with van der Waals surface area (Å²) in [7, 11) is 0. The first-order valence-corrected chi connectivity index (χ1v) is 9.50. The minimum atomic E-state index is -0.923. The van der Waals surface area contributed by atoms with E-state index in [1.54, 1.807) is 6.07 Å². The molecule has 29 heavy (non-hydrogen) atoms. The van der Waals surface area contributed by atoms with Crippen molar-refractivity contribution in [3.05, 3.63) is 0 Å². The number of hydrogen-bond acceptors (Lipinski definition) is 6. The molecule has 164 valence electrons. The molecule has 0 fully saturated rings. The minimum Gasteiger partial charge on any atom is -0.449 e. The van der Waals surface area contributed by atoms with Crippen molar-refractivity contribution in [2.24, 2.45) is 11.3 Å². The Hall–Kier alpha value is -2.83. The first kappa shape index (κ1) is 26.2. The van der Waals surface area contributed by atoms with E-state index in [4.69, 9.17) is 10.00 Å². The average Bonchev–Trinajstić information content (AvgIpc) is 2.60. The Kier molecular flexibility index (Phi) is 11.4. The van der Waals surface area contributed by atoms with Crippen molar-refractivity contribution in [3.8, 4) is 6.07 Å². The van der Waals surface area contributed by atoms with Gasteiger partial charge in [0.2, 0.25) is 17.7 Å². The molecule has 0 bridgehead atoms. The zero-order chi connectivity index (χ0) is 22.6. The monoisotopic (exact) mass is 411 g/mol. The molecule has 10 nitrogen and oxygen atoms in total. The number of nitrogens with zero attached hydrogens (tertiary/aromatic N) is 1. The van der Waals surface area contributed by atoms with Gasteiger partial charge in [0, 0.05) is 0 Å². The number of nitriles is 1.